The second kappa shape index (κ2) is 3.89. The zero-order valence-corrected chi connectivity index (χ0v) is 7.33. The summed E-state index contributed by atoms with van der Waals surface area (Å²) in [6.07, 6.45) is 6.91. The van der Waals surface area contributed by atoms with Crippen LogP contribution in [0.3, 0.4) is 0 Å². The van der Waals surface area contributed by atoms with Gasteiger partial charge in [0.2, 0.25) is 0 Å². The van der Waals surface area contributed by atoms with E-state index in [0.29, 0.717) is 0 Å². The van der Waals surface area contributed by atoms with Crippen LogP contribution >= 0.6 is 0 Å². The van der Waals surface area contributed by atoms with Gasteiger partial charge in [-0.3, -0.25) is 4.98 Å². The summed E-state index contributed by atoms with van der Waals surface area (Å²) in [6.45, 7) is 2.05. The van der Waals surface area contributed by atoms with Gasteiger partial charge in [-0.15, -0.1) is 6.42 Å². The number of nitrogens with one attached hydrogen (secondary N) is 1. The van der Waals surface area contributed by atoms with Crippen molar-refractivity contribution in [3.05, 3.63) is 29.6 Å². The summed E-state index contributed by atoms with van der Waals surface area (Å²) in [5, 5.41) is 3.10. The van der Waals surface area contributed by atoms with Crippen molar-refractivity contribution in [3.8, 4) is 12.3 Å². The van der Waals surface area contributed by atoms with Gasteiger partial charge in [0.15, 0.2) is 0 Å². The lowest BCUT2D eigenvalue weighted by molar-refractivity contribution is 0.633. The quantitative estimate of drug-likeness (QED) is 0.660. The van der Waals surface area contributed by atoms with E-state index in [1.165, 1.54) is 0 Å². The van der Waals surface area contributed by atoms with E-state index in [-0.39, 0.29) is 6.04 Å². The molecule has 1 N–H and O–H groups in total. The molecule has 1 aromatic rings. The van der Waals surface area contributed by atoms with E-state index in [0.717, 1.165) is 11.3 Å². The van der Waals surface area contributed by atoms with Crippen molar-refractivity contribution in [1.29, 1.82) is 0 Å². The highest BCUT2D eigenvalue weighted by Gasteiger charge is 2.01. The molecule has 1 rings (SSSR count). The molecular weight excluding hydrogens is 148 g/mol. The van der Waals surface area contributed by atoms with Crippen molar-refractivity contribution in [2.24, 2.45) is 0 Å². The fourth-order valence-corrected chi connectivity index (χ4v) is 0.895. The lowest BCUT2D eigenvalue weighted by atomic mass is 10.2. The maximum absolute atomic E-state index is 5.20. The van der Waals surface area contributed by atoms with Crippen LogP contribution in [0.5, 0.6) is 0 Å². The normalized spacial score (nSPS) is 12.1. The largest absolute Gasteiger partial charge is 0.312 e. The van der Waals surface area contributed by atoms with E-state index in [1.807, 2.05) is 19.2 Å². The zero-order chi connectivity index (χ0) is 8.97. The predicted octanol–water partition coefficient (Wildman–Crippen LogP) is 1.34. The van der Waals surface area contributed by atoms with Crippen LogP contribution in [-0.4, -0.2) is 12.0 Å². The van der Waals surface area contributed by atoms with Gasteiger partial charge in [-0.1, -0.05) is 5.92 Å². The summed E-state index contributed by atoms with van der Waals surface area (Å²) in [5.41, 5.74) is 1.83. The van der Waals surface area contributed by atoms with E-state index in [2.05, 4.69) is 23.1 Å². The number of hydrogen-bond donors (Lipinski definition) is 1. The summed E-state index contributed by atoms with van der Waals surface area (Å²) < 4.78 is 0. The first-order valence-corrected chi connectivity index (χ1v) is 3.87. The number of aromatic nitrogens is 1. The van der Waals surface area contributed by atoms with Gasteiger partial charge in [-0.2, -0.15) is 0 Å². The molecule has 0 aliphatic carbocycles. The third kappa shape index (κ3) is 1.84. The molecule has 0 saturated carbocycles. The maximum atomic E-state index is 5.20. The third-order valence-electron chi connectivity index (χ3n) is 1.83. The molecule has 1 heterocycles. The van der Waals surface area contributed by atoms with Crippen molar-refractivity contribution in [2.45, 2.75) is 13.0 Å². The summed E-state index contributed by atoms with van der Waals surface area (Å²) in [7, 11) is 1.90. The van der Waals surface area contributed by atoms with Gasteiger partial charge in [0.05, 0.1) is 5.69 Å². The molecule has 0 bridgehead atoms. The smallest absolute Gasteiger partial charge is 0.0571 e. The van der Waals surface area contributed by atoms with Gasteiger partial charge in [0.1, 0.15) is 0 Å². The van der Waals surface area contributed by atoms with E-state index in [1.54, 1.807) is 6.20 Å². The Morgan fingerprint density at radius 3 is 2.75 bits per heavy atom. The molecule has 0 spiro atoms. The Kier molecular flexibility index (Phi) is 2.84. The second-order valence-corrected chi connectivity index (χ2v) is 2.63. The molecule has 1 aromatic heterocycles. The Labute approximate surface area is 73.0 Å². The highest BCUT2D eigenvalue weighted by atomic mass is 14.9. The summed E-state index contributed by atoms with van der Waals surface area (Å²) >= 11 is 0. The van der Waals surface area contributed by atoms with E-state index >= 15 is 0 Å². The number of hydrogen-bond acceptors (Lipinski definition) is 2. The predicted molar refractivity (Wildman–Crippen MR) is 49.6 cm³/mol. The molecule has 0 radical (unpaired) electrons. The second-order valence-electron chi connectivity index (χ2n) is 2.63. The number of rotatable bonds is 2. The lowest BCUT2D eigenvalue weighted by Gasteiger charge is -2.08. The Bertz CT molecular complexity index is 282. The molecular formula is C10H12N2. The van der Waals surface area contributed by atoms with Gasteiger partial charge in [0.25, 0.3) is 0 Å². The summed E-state index contributed by atoms with van der Waals surface area (Å²) in [4.78, 5) is 4.22. The minimum atomic E-state index is 0.275. The monoisotopic (exact) mass is 160 g/mol. The van der Waals surface area contributed by atoms with Crippen LogP contribution in [0, 0.1) is 12.3 Å². The summed E-state index contributed by atoms with van der Waals surface area (Å²) in [6, 6.07) is 4.11. The molecule has 0 amide bonds. The molecule has 0 aliphatic rings. The molecule has 0 unspecified atom stereocenters. The first-order valence-electron chi connectivity index (χ1n) is 3.87. The molecule has 62 valence electrons. The van der Waals surface area contributed by atoms with Crippen molar-refractivity contribution in [2.75, 3.05) is 7.05 Å². The number of nitrogens with zero attached hydrogens (tertiary/aromatic N) is 1. The van der Waals surface area contributed by atoms with Crippen molar-refractivity contribution in [1.82, 2.24) is 10.3 Å². The molecule has 2 heteroatoms. The molecule has 0 saturated heterocycles. The van der Waals surface area contributed by atoms with Crippen LogP contribution in [0.4, 0.5) is 0 Å². The maximum Gasteiger partial charge on any atom is 0.0571 e. The van der Waals surface area contributed by atoms with Gasteiger partial charge < -0.3 is 5.32 Å². The molecule has 2 nitrogen and oxygen atoms in total. The van der Waals surface area contributed by atoms with Gasteiger partial charge in [0, 0.05) is 17.8 Å². The fraction of sp³-hybridized carbons (Fsp3) is 0.300. The van der Waals surface area contributed by atoms with E-state index in [9.17, 15) is 0 Å². The average Bonchev–Trinajstić information content (AvgIpc) is 2.17. The minimum absolute atomic E-state index is 0.275. The Balaban J connectivity index is 2.86. The van der Waals surface area contributed by atoms with Gasteiger partial charge in [-0.05, 0) is 26.1 Å². The van der Waals surface area contributed by atoms with Crippen LogP contribution < -0.4 is 5.32 Å². The van der Waals surface area contributed by atoms with Gasteiger partial charge in [-0.25, -0.2) is 0 Å². The Morgan fingerprint density at radius 2 is 2.33 bits per heavy atom. The average molecular weight is 160 g/mol. The van der Waals surface area contributed by atoms with Crippen LogP contribution in [0.2, 0.25) is 0 Å². The van der Waals surface area contributed by atoms with Gasteiger partial charge >= 0.3 is 0 Å². The molecule has 0 fully saturated rings. The summed E-state index contributed by atoms with van der Waals surface area (Å²) in [5.74, 6) is 2.53. The zero-order valence-electron chi connectivity index (χ0n) is 7.33. The van der Waals surface area contributed by atoms with Crippen LogP contribution in [0.1, 0.15) is 24.2 Å². The highest BCUT2D eigenvalue weighted by molar-refractivity contribution is 5.30. The Morgan fingerprint density at radius 1 is 1.58 bits per heavy atom. The number of pyridine rings is 1. The minimum Gasteiger partial charge on any atom is -0.312 e. The van der Waals surface area contributed by atoms with Crippen LogP contribution in [0.25, 0.3) is 0 Å². The topological polar surface area (TPSA) is 24.9 Å². The first kappa shape index (κ1) is 8.76. The van der Waals surface area contributed by atoms with Crippen molar-refractivity contribution >= 4 is 0 Å². The van der Waals surface area contributed by atoms with E-state index in [4.69, 9.17) is 6.42 Å². The van der Waals surface area contributed by atoms with Crippen molar-refractivity contribution in [3.63, 3.8) is 0 Å². The lowest BCUT2D eigenvalue weighted by Crippen LogP contribution is -2.13. The van der Waals surface area contributed by atoms with Crippen LogP contribution in [0.15, 0.2) is 18.3 Å². The standard InChI is InChI=1S/C10H12N2/c1-4-9-5-6-10(12-7-9)8(2)11-3/h1,5-8,11H,2-3H3/t8-/m0/s1. The SMILES string of the molecule is C#Cc1ccc([C@H](C)NC)nc1. The third-order valence-corrected chi connectivity index (χ3v) is 1.83. The Hall–Kier alpha value is -1.33. The highest BCUT2D eigenvalue weighted by Crippen LogP contribution is 2.07. The molecule has 12 heavy (non-hydrogen) atoms. The fourth-order valence-electron chi connectivity index (χ4n) is 0.895. The molecule has 0 aromatic carbocycles. The van der Waals surface area contributed by atoms with Crippen LogP contribution in [-0.2, 0) is 0 Å². The first-order chi connectivity index (χ1) is 5.77. The van der Waals surface area contributed by atoms with Crippen molar-refractivity contribution < 1.29 is 0 Å². The number of terminal acetylenes is 1. The molecule has 0 aliphatic heterocycles. The molecule has 1 atom stereocenters. The van der Waals surface area contributed by atoms with E-state index < -0.39 is 0 Å².